The Kier molecular flexibility index (Phi) is 5.64. The summed E-state index contributed by atoms with van der Waals surface area (Å²) in [5, 5.41) is 6.93. The molecule has 0 aliphatic rings. The number of nitrogens with one attached hydrogen (secondary N) is 1. The van der Waals surface area contributed by atoms with Gasteiger partial charge in [0.05, 0.1) is 11.1 Å². The van der Waals surface area contributed by atoms with Crippen molar-refractivity contribution in [1.29, 1.82) is 0 Å². The maximum absolute atomic E-state index is 12.6. The summed E-state index contributed by atoms with van der Waals surface area (Å²) in [6, 6.07) is 7.64. The molecule has 1 N–H and O–H groups in total. The summed E-state index contributed by atoms with van der Waals surface area (Å²) >= 11 is 0. The Balaban J connectivity index is 2.29. The third kappa shape index (κ3) is 4.08. The predicted molar refractivity (Wildman–Crippen MR) is 97.1 cm³/mol. The number of nitrogens with zero attached hydrogens (tertiary/aromatic N) is 3. The largest absolute Gasteiger partial charge is 0.307 e. The highest BCUT2D eigenvalue weighted by molar-refractivity contribution is 7.89. The number of hydrogen-bond acceptors (Lipinski definition) is 4. The van der Waals surface area contributed by atoms with Gasteiger partial charge in [0.2, 0.25) is 10.0 Å². The number of hydrogen-bond donors (Lipinski definition) is 1. The maximum atomic E-state index is 12.6. The zero-order valence-electron chi connectivity index (χ0n) is 15.1. The second kappa shape index (κ2) is 7.37. The molecule has 0 aliphatic heterocycles. The van der Waals surface area contributed by atoms with Crippen molar-refractivity contribution in [3.05, 3.63) is 42.1 Å². The molecule has 0 atom stereocenters. The number of anilines is 1. The Hall–Kier alpha value is -2.19. The molecular weight excluding hydrogens is 340 g/mol. The normalized spacial score (nSPS) is 12.2. The molecule has 0 aliphatic carbocycles. The average molecular weight is 364 g/mol. The molecule has 0 spiro atoms. The van der Waals surface area contributed by atoms with E-state index in [-0.39, 0.29) is 28.4 Å². The van der Waals surface area contributed by atoms with Crippen LogP contribution in [-0.2, 0) is 10.0 Å². The van der Waals surface area contributed by atoms with Crippen LogP contribution in [0.1, 0.15) is 44.1 Å². The van der Waals surface area contributed by atoms with Crippen molar-refractivity contribution in [3.8, 4) is 0 Å². The molecule has 0 radical (unpaired) electrons. The quantitative estimate of drug-likeness (QED) is 0.854. The van der Waals surface area contributed by atoms with Gasteiger partial charge in [-0.1, -0.05) is 6.07 Å². The van der Waals surface area contributed by atoms with Crippen LogP contribution < -0.4 is 5.32 Å². The summed E-state index contributed by atoms with van der Waals surface area (Å²) in [4.78, 5) is 12.6. The van der Waals surface area contributed by atoms with Crippen molar-refractivity contribution in [2.24, 2.45) is 0 Å². The van der Waals surface area contributed by atoms with Gasteiger partial charge in [0.1, 0.15) is 5.82 Å². The van der Waals surface area contributed by atoms with Gasteiger partial charge in [-0.2, -0.15) is 9.40 Å². The summed E-state index contributed by atoms with van der Waals surface area (Å²) in [7, 11) is -2.12. The fourth-order valence-corrected chi connectivity index (χ4v) is 3.67. The van der Waals surface area contributed by atoms with Gasteiger partial charge < -0.3 is 5.32 Å². The fourth-order valence-electron chi connectivity index (χ4n) is 2.25. The Morgan fingerprint density at radius 1 is 1.20 bits per heavy atom. The van der Waals surface area contributed by atoms with Crippen LogP contribution in [0, 0.1) is 0 Å². The lowest BCUT2D eigenvalue weighted by molar-refractivity contribution is 0.102. The van der Waals surface area contributed by atoms with E-state index in [1.165, 1.54) is 23.5 Å². The molecule has 8 heteroatoms. The van der Waals surface area contributed by atoms with Crippen LogP contribution in [-0.4, -0.2) is 41.5 Å². The molecule has 1 aromatic heterocycles. The lowest BCUT2D eigenvalue weighted by Gasteiger charge is -2.21. The third-order valence-corrected chi connectivity index (χ3v) is 5.93. The second-order valence-electron chi connectivity index (χ2n) is 6.35. The van der Waals surface area contributed by atoms with E-state index in [9.17, 15) is 13.2 Å². The van der Waals surface area contributed by atoms with Gasteiger partial charge >= 0.3 is 0 Å². The molecule has 0 saturated carbocycles. The highest BCUT2D eigenvalue weighted by Gasteiger charge is 2.24. The molecule has 0 fully saturated rings. The van der Waals surface area contributed by atoms with Gasteiger partial charge in [0.25, 0.3) is 5.91 Å². The van der Waals surface area contributed by atoms with Gasteiger partial charge in [0, 0.05) is 30.8 Å². The van der Waals surface area contributed by atoms with Gasteiger partial charge in [-0.05, 0) is 45.9 Å². The summed E-state index contributed by atoms with van der Waals surface area (Å²) in [6.45, 7) is 7.50. The first-order valence-corrected chi connectivity index (χ1v) is 9.51. The van der Waals surface area contributed by atoms with E-state index in [1.807, 2.05) is 13.8 Å². The minimum atomic E-state index is -3.64. The van der Waals surface area contributed by atoms with Crippen molar-refractivity contribution < 1.29 is 13.2 Å². The Labute approximate surface area is 148 Å². The SMILES string of the molecule is CC(C)N(C)S(=O)(=O)c1cccc(C(=O)Nc2ccnn2C(C)C)c1. The number of carbonyl (C=O) groups is 1. The molecule has 1 heterocycles. The summed E-state index contributed by atoms with van der Waals surface area (Å²) in [5.41, 5.74) is 0.273. The minimum Gasteiger partial charge on any atom is -0.307 e. The Bertz CT molecular complexity index is 856. The number of amides is 1. The van der Waals surface area contributed by atoms with Gasteiger partial charge in [-0.25, -0.2) is 13.1 Å². The molecule has 1 amide bonds. The number of aromatic nitrogens is 2. The summed E-state index contributed by atoms with van der Waals surface area (Å²) in [5.74, 6) is 0.180. The smallest absolute Gasteiger partial charge is 0.256 e. The van der Waals surface area contributed by atoms with Crippen molar-refractivity contribution in [3.63, 3.8) is 0 Å². The molecule has 0 unspecified atom stereocenters. The standard InChI is InChI=1S/C17H24N4O3S/c1-12(2)20(5)25(23,24)15-8-6-7-14(11-15)17(22)19-16-9-10-18-21(16)13(3)4/h6-13H,1-5H3,(H,19,22). The highest BCUT2D eigenvalue weighted by atomic mass is 32.2. The second-order valence-corrected chi connectivity index (χ2v) is 8.35. The maximum Gasteiger partial charge on any atom is 0.256 e. The van der Waals surface area contributed by atoms with E-state index in [4.69, 9.17) is 0 Å². The zero-order valence-corrected chi connectivity index (χ0v) is 15.9. The van der Waals surface area contributed by atoms with Crippen molar-refractivity contribution in [1.82, 2.24) is 14.1 Å². The van der Waals surface area contributed by atoms with Crippen LogP contribution in [0.4, 0.5) is 5.82 Å². The van der Waals surface area contributed by atoms with E-state index in [1.54, 1.807) is 42.9 Å². The fraction of sp³-hybridized carbons (Fsp3) is 0.412. The predicted octanol–water partition coefficient (Wildman–Crippen LogP) is 2.75. The topological polar surface area (TPSA) is 84.3 Å². The number of carbonyl (C=O) groups excluding carboxylic acids is 1. The van der Waals surface area contributed by atoms with Crippen LogP contribution in [0.3, 0.4) is 0 Å². The summed E-state index contributed by atoms with van der Waals surface area (Å²) in [6.07, 6.45) is 1.61. The molecule has 2 aromatic rings. The van der Waals surface area contributed by atoms with Gasteiger partial charge in [0.15, 0.2) is 0 Å². The molecule has 7 nitrogen and oxygen atoms in total. The number of rotatable bonds is 6. The van der Waals surface area contributed by atoms with Crippen LogP contribution >= 0.6 is 0 Å². The molecule has 136 valence electrons. The minimum absolute atomic E-state index is 0.0914. The van der Waals surface area contributed by atoms with Crippen molar-refractivity contribution in [2.45, 2.75) is 44.7 Å². The van der Waals surface area contributed by atoms with Gasteiger partial charge in [-0.3, -0.25) is 4.79 Å². The molecule has 0 saturated heterocycles. The van der Waals surface area contributed by atoms with E-state index in [2.05, 4.69) is 10.4 Å². The first-order valence-electron chi connectivity index (χ1n) is 8.07. The van der Waals surface area contributed by atoms with E-state index >= 15 is 0 Å². The number of sulfonamides is 1. The lowest BCUT2D eigenvalue weighted by Crippen LogP contribution is -2.33. The Morgan fingerprint density at radius 2 is 1.88 bits per heavy atom. The molecular formula is C17H24N4O3S. The third-order valence-electron chi connectivity index (χ3n) is 3.90. The van der Waals surface area contributed by atoms with Crippen LogP contribution in [0.5, 0.6) is 0 Å². The van der Waals surface area contributed by atoms with Crippen LogP contribution in [0.15, 0.2) is 41.4 Å². The van der Waals surface area contributed by atoms with Crippen molar-refractivity contribution >= 4 is 21.7 Å². The van der Waals surface area contributed by atoms with E-state index in [0.29, 0.717) is 5.82 Å². The van der Waals surface area contributed by atoms with Crippen LogP contribution in [0.2, 0.25) is 0 Å². The van der Waals surface area contributed by atoms with E-state index in [0.717, 1.165) is 0 Å². The summed E-state index contributed by atoms with van der Waals surface area (Å²) < 4.78 is 28.1. The monoisotopic (exact) mass is 364 g/mol. The average Bonchev–Trinajstić information content (AvgIpc) is 3.02. The Morgan fingerprint density at radius 3 is 2.48 bits per heavy atom. The molecule has 0 bridgehead atoms. The highest BCUT2D eigenvalue weighted by Crippen LogP contribution is 2.19. The molecule has 1 aromatic carbocycles. The number of benzene rings is 1. The first-order chi connectivity index (χ1) is 11.6. The van der Waals surface area contributed by atoms with Gasteiger partial charge in [-0.15, -0.1) is 0 Å². The van der Waals surface area contributed by atoms with E-state index < -0.39 is 10.0 Å². The lowest BCUT2D eigenvalue weighted by atomic mass is 10.2. The molecule has 25 heavy (non-hydrogen) atoms. The van der Waals surface area contributed by atoms with Crippen molar-refractivity contribution in [2.75, 3.05) is 12.4 Å². The first kappa shape index (κ1) is 19.1. The molecule has 2 rings (SSSR count). The zero-order chi connectivity index (χ0) is 18.8. The van der Waals surface area contributed by atoms with Crippen LogP contribution in [0.25, 0.3) is 0 Å².